The lowest BCUT2D eigenvalue weighted by Gasteiger charge is -2.05. The topological polar surface area (TPSA) is 68.2 Å². The van der Waals surface area contributed by atoms with Crippen LogP contribution in [0.1, 0.15) is 6.42 Å². The molecule has 1 aromatic heterocycles. The van der Waals surface area contributed by atoms with Crippen molar-refractivity contribution >= 4 is 11.7 Å². The number of urea groups is 1. The second-order valence-corrected chi connectivity index (χ2v) is 4.24. The highest BCUT2D eigenvalue weighted by Gasteiger charge is 2.04. The van der Waals surface area contributed by atoms with E-state index in [9.17, 15) is 4.79 Å². The van der Waals surface area contributed by atoms with E-state index in [2.05, 4.69) is 15.7 Å². The number of amides is 2. The fourth-order valence-corrected chi connectivity index (χ4v) is 1.70. The average molecular weight is 274 g/mol. The minimum atomic E-state index is -0.242. The van der Waals surface area contributed by atoms with Crippen LogP contribution in [0.3, 0.4) is 0 Å². The van der Waals surface area contributed by atoms with Crippen LogP contribution in [0, 0.1) is 0 Å². The number of aromatic nitrogens is 2. The number of carbonyl (C=O) groups excluding carboxylic acids is 1. The number of ether oxygens (including phenoxy) is 1. The molecule has 2 rings (SSSR count). The minimum Gasteiger partial charge on any atom is -0.385 e. The van der Waals surface area contributed by atoms with E-state index >= 15 is 0 Å². The molecular formula is C14H18N4O2. The third-order valence-electron chi connectivity index (χ3n) is 2.67. The van der Waals surface area contributed by atoms with E-state index in [4.69, 9.17) is 4.74 Å². The number of hydrogen-bond donors (Lipinski definition) is 2. The number of para-hydroxylation sites is 1. The van der Waals surface area contributed by atoms with Gasteiger partial charge < -0.3 is 15.4 Å². The third-order valence-corrected chi connectivity index (χ3v) is 2.67. The van der Waals surface area contributed by atoms with Crippen LogP contribution in [0.2, 0.25) is 0 Å². The lowest BCUT2D eigenvalue weighted by molar-refractivity contribution is 0.194. The lowest BCUT2D eigenvalue weighted by atomic mass is 10.3. The van der Waals surface area contributed by atoms with Gasteiger partial charge in [-0.2, -0.15) is 5.10 Å². The van der Waals surface area contributed by atoms with Crippen LogP contribution < -0.4 is 10.6 Å². The monoisotopic (exact) mass is 274 g/mol. The second-order valence-electron chi connectivity index (χ2n) is 4.24. The van der Waals surface area contributed by atoms with E-state index in [0.29, 0.717) is 18.8 Å². The number of methoxy groups -OCH3 is 1. The zero-order valence-corrected chi connectivity index (χ0v) is 11.4. The molecule has 0 radical (unpaired) electrons. The first-order chi connectivity index (χ1) is 9.79. The van der Waals surface area contributed by atoms with Gasteiger partial charge in [-0.15, -0.1) is 0 Å². The number of rotatable bonds is 6. The lowest BCUT2D eigenvalue weighted by Crippen LogP contribution is -2.29. The highest BCUT2D eigenvalue weighted by Crippen LogP contribution is 2.10. The summed E-state index contributed by atoms with van der Waals surface area (Å²) in [7, 11) is 1.64. The van der Waals surface area contributed by atoms with Crippen LogP contribution in [0.15, 0.2) is 42.7 Å². The molecule has 0 aliphatic rings. The van der Waals surface area contributed by atoms with Gasteiger partial charge in [0.05, 0.1) is 23.8 Å². The molecule has 1 aromatic carbocycles. The maximum atomic E-state index is 11.6. The van der Waals surface area contributed by atoms with Crippen LogP contribution >= 0.6 is 0 Å². The Balaban J connectivity index is 1.85. The Morgan fingerprint density at radius 1 is 1.35 bits per heavy atom. The van der Waals surface area contributed by atoms with Crippen molar-refractivity contribution in [3.63, 3.8) is 0 Å². The molecular weight excluding hydrogens is 256 g/mol. The van der Waals surface area contributed by atoms with Crippen LogP contribution in [-0.2, 0) is 4.74 Å². The molecule has 0 saturated heterocycles. The standard InChI is InChI=1S/C14H18N4O2/c1-20-9-5-8-15-14(19)17-12-10-16-18(11-12)13-6-3-2-4-7-13/h2-4,6-7,10-11H,5,8-9H2,1H3,(H2,15,17,19). The number of nitrogens with one attached hydrogen (secondary N) is 2. The van der Waals surface area contributed by atoms with Gasteiger partial charge in [0.15, 0.2) is 0 Å². The fourth-order valence-electron chi connectivity index (χ4n) is 1.70. The molecule has 6 heteroatoms. The van der Waals surface area contributed by atoms with Gasteiger partial charge in [-0.1, -0.05) is 18.2 Å². The predicted octanol–water partition coefficient (Wildman–Crippen LogP) is 2.03. The molecule has 0 aliphatic heterocycles. The average Bonchev–Trinajstić information content (AvgIpc) is 2.93. The van der Waals surface area contributed by atoms with Gasteiger partial charge in [-0.25, -0.2) is 9.48 Å². The molecule has 6 nitrogen and oxygen atoms in total. The molecule has 2 aromatic rings. The van der Waals surface area contributed by atoms with Crippen molar-refractivity contribution < 1.29 is 9.53 Å². The maximum absolute atomic E-state index is 11.6. The van der Waals surface area contributed by atoms with E-state index in [1.54, 1.807) is 24.2 Å². The van der Waals surface area contributed by atoms with Crippen molar-refractivity contribution in [1.82, 2.24) is 15.1 Å². The van der Waals surface area contributed by atoms with Crippen LogP contribution in [0.4, 0.5) is 10.5 Å². The van der Waals surface area contributed by atoms with Gasteiger partial charge in [0.2, 0.25) is 0 Å². The van der Waals surface area contributed by atoms with Crippen molar-refractivity contribution in [2.24, 2.45) is 0 Å². The van der Waals surface area contributed by atoms with E-state index < -0.39 is 0 Å². The van der Waals surface area contributed by atoms with Gasteiger partial charge in [0, 0.05) is 20.3 Å². The smallest absolute Gasteiger partial charge is 0.319 e. The maximum Gasteiger partial charge on any atom is 0.319 e. The zero-order chi connectivity index (χ0) is 14.2. The van der Waals surface area contributed by atoms with E-state index in [1.807, 2.05) is 30.3 Å². The zero-order valence-electron chi connectivity index (χ0n) is 11.4. The molecule has 106 valence electrons. The van der Waals surface area contributed by atoms with Crippen molar-refractivity contribution in [3.05, 3.63) is 42.7 Å². The SMILES string of the molecule is COCCCNC(=O)Nc1cnn(-c2ccccc2)c1. The van der Waals surface area contributed by atoms with Crippen LogP contribution in [0.5, 0.6) is 0 Å². The Labute approximate surface area is 117 Å². The first kappa shape index (κ1) is 14.1. The van der Waals surface area contributed by atoms with E-state index in [1.165, 1.54) is 0 Å². The first-order valence-corrected chi connectivity index (χ1v) is 6.43. The molecule has 0 atom stereocenters. The summed E-state index contributed by atoms with van der Waals surface area (Å²) in [5.74, 6) is 0. The largest absolute Gasteiger partial charge is 0.385 e. The summed E-state index contributed by atoms with van der Waals surface area (Å²) in [4.78, 5) is 11.6. The summed E-state index contributed by atoms with van der Waals surface area (Å²) in [5, 5.41) is 9.69. The summed E-state index contributed by atoms with van der Waals surface area (Å²) < 4.78 is 6.62. The van der Waals surface area contributed by atoms with Gasteiger partial charge in [-0.05, 0) is 18.6 Å². The fraction of sp³-hybridized carbons (Fsp3) is 0.286. The van der Waals surface area contributed by atoms with Crippen molar-refractivity contribution in [1.29, 1.82) is 0 Å². The number of hydrogen-bond acceptors (Lipinski definition) is 3. The Hall–Kier alpha value is -2.34. The Morgan fingerprint density at radius 3 is 2.90 bits per heavy atom. The normalized spacial score (nSPS) is 10.2. The summed E-state index contributed by atoms with van der Waals surface area (Å²) in [5.41, 5.74) is 1.60. The van der Waals surface area contributed by atoms with Gasteiger partial charge in [-0.3, -0.25) is 0 Å². The Morgan fingerprint density at radius 2 is 2.15 bits per heavy atom. The van der Waals surface area contributed by atoms with E-state index in [0.717, 1.165) is 12.1 Å². The van der Waals surface area contributed by atoms with Crippen molar-refractivity contribution in [2.75, 3.05) is 25.6 Å². The van der Waals surface area contributed by atoms with E-state index in [-0.39, 0.29) is 6.03 Å². The number of anilines is 1. The summed E-state index contributed by atoms with van der Waals surface area (Å²) >= 11 is 0. The molecule has 0 saturated carbocycles. The molecule has 1 heterocycles. The van der Waals surface area contributed by atoms with Crippen LogP contribution in [-0.4, -0.2) is 36.1 Å². The van der Waals surface area contributed by atoms with Gasteiger partial charge in [0.25, 0.3) is 0 Å². The second kappa shape index (κ2) is 7.30. The molecule has 0 bridgehead atoms. The molecule has 0 aliphatic carbocycles. The highest BCUT2D eigenvalue weighted by molar-refractivity contribution is 5.88. The number of benzene rings is 1. The summed E-state index contributed by atoms with van der Waals surface area (Å²) in [6.07, 6.45) is 4.17. The third kappa shape index (κ3) is 4.10. The van der Waals surface area contributed by atoms with Crippen LogP contribution in [0.25, 0.3) is 5.69 Å². The summed E-state index contributed by atoms with van der Waals surface area (Å²) in [6.45, 7) is 1.21. The number of nitrogens with zero attached hydrogens (tertiary/aromatic N) is 2. The van der Waals surface area contributed by atoms with Crippen molar-refractivity contribution in [3.8, 4) is 5.69 Å². The number of carbonyl (C=O) groups is 1. The van der Waals surface area contributed by atoms with Gasteiger partial charge >= 0.3 is 6.03 Å². The highest BCUT2D eigenvalue weighted by atomic mass is 16.5. The molecule has 0 fully saturated rings. The molecule has 2 amide bonds. The Kier molecular flexibility index (Phi) is 5.14. The summed E-state index contributed by atoms with van der Waals surface area (Å²) in [6, 6.07) is 9.47. The molecule has 0 spiro atoms. The molecule has 0 unspecified atom stereocenters. The quantitative estimate of drug-likeness (QED) is 0.792. The Bertz CT molecular complexity index is 539. The first-order valence-electron chi connectivity index (χ1n) is 6.43. The molecule has 2 N–H and O–H groups in total. The predicted molar refractivity (Wildman–Crippen MR) is 77.1 cm³/mol. The van der Waals surface area contributed by atoms with Gasteiger partial charge in [0.1, 0.15) is 0 Å². The minimum absolute atomic E-state index is 0.242. The van der Waals surface area contributed by atoms with Crippen molar-refractivity contribution in [2.45, 2.75) is 6.42 Å². The molecule has 20 heavy (non-hydrogen) atoms.